The lowest BCUT2D eigenvalue weighted by atomic mass is 10.0. The van der Waals surface area contributed by atoms with Gasteiger partial charge in [-0.15, -0.1) is 11.3 Å². The highest BCUT2D eigenvalue weighted by atomic mass is 35.5. The van der Waals surface area contributed by atoms with E-state index in [9.17, 15) is 5.11 Å². The quantitative estimate of drug-likeness (QED) is 0.760. The Kier molecular flexibility index (Phi) is 2.58. The molecule has 0 amide bonds. The van der Waals surface area contributed by atoms with E-state index in [-0.39, 0.29) is 0 Å². The second kappa shape index (κ2) is 3.13. The lowest BCUT2D eigenvalue weighted by molar-refractivity contribution is 0.0569. The summed E-state index contributed by atoms with van der Waals surface area (Å²) in [5, 5.41) is 9.76. The first-order valence-electron chi connectivity index (χ1n) is 3.54. The maximum absolute atomic E-state index is 9.76. The summed E-state index contributed by atoms with van der Waals surface area (Å²) in [4.78, 5) is 0.935. The van der Waals surface area contributed by atoms with Gasteiger partial charge >= 0.3 is 0 Å². The van der Waals surface area contributed by atoms with E-state index in [1.54, 1.807) is 6.92 Å². The first kappa shape index (κ1) is 9.04. The molecule has 0 fully saturated rings. The van der Waals surface area contributed by atoms with Crippen LogP contribution >= 0.6 is 22.9 Å². The van der Waals surface area contributed by atoms with E-state index >= 15 is 0 Å². The van der Waals surface area contributed by atoms with Gasteiger partial charge in [0.1, 0.15) is 0 Å². The van der Waals surface area contributed by atoms with E-state index in [0.717, 1.165) is 9.21 Å². The second-order valence-electron chi connectivity index (χ2n) is 2.73. The van der Waals surface area contributed by atoms with Gasteiger partial charge in [-0.3, -0.25) is 0 Å². The molecule has 0 radical (unpaired) electrons. The van der Waals surface area contributed by atoms with Crippen LogP contribution in [-0.4, -0.2) is 5.11 Å². The minimum absolute atomic E-state index is 0.711. The fourth-order valence-corrected chi connectivity index (χ4v) is 1.94. The van der Waals surface area contributed by atoms with E-state index in [0.29, 0.717) is 6.42 Å². The Bertz CT molecular complexity index is 242. The summed E-state index contributed by atoms with van der Waals surface area (Å²) in [6.07, 6.45) is 0.712. The van der Waals surface area contributed by atoms with Crippen molar-refractivity contribution in [1.82, 2.24) is 0 Å². The molecule has 1 aromatic heterocycles. The topological polar surface area (TPSA) is 20.2 Å². The molecule has 1 aromatic rings. The van der Waals surface area contributed by atoms with E-state index in [1.807, 2.05) is 19.1 Å². The predicted octanol–water partition coefficient (Wildman–Crippen LogP) is 3.02. The fourth-order valence-electron chi connectivity index (χ4n) is 0.778. The van der Waals surface area contributed by atoms with Crippen LogP contribution in [0.4, 0.5) is 0 Å². The zero-order chi connectivity index (χ0) is 8.48. The minimum atomic E-state index is -0.711. The highest BCUT2D eigenvalue weighted by Crippen LogP contribution is 2.32. The van der Waals surface area contributed by atoms with Crippen LogP contribution in [0.15, 0.2) is 12.1 Å². The lowest BCUT2D eigenvalue weighted by Crippen LogP contribution is -2.17. The maximum atomic E-state index is 9.76. The molecule has 0 saturated carbocycles. The van der Waals surface area contributed by atoms with Crippen molar-refractivity contribution in [3.8, 4) is 0 Å². The van der Waals surface area contributed by atoms with Crippen molar-refractivity contribution >= 4 is 22.9 Å². The molecular weight excluding hydrogens is 180 g/mol. The SMILES string of the molecule is CCC(C)(O)c1ccc(Cl)s1. The van der Waals surface area contributed by atoms with Gasteiger partial charge in [0.2, 0.25) is 0 Å². The molecule has 0 aliphatic rings. The third-order valence-corrected chi connectivity index (χ3v) is 3.28. The highest BCUT2D eigenvalue weighted by Gasteiger charge is 2.21. The maximum Gasteiger partial charge on any atom is 0.0957 e. The van der Waals surface area contributed by atoms with Crippen molar-refractivity contribution in [2.45, 2.75) is 25.9 Å². The van der Waals surface area contributed by atoms with Gasteiger partial charge in [0.05, 0.1) is 9.94 Å². The molecule has 1 rings (SSSR count). The van der Waals surface area contributed by atoms with Crippen molar-refractivity contribution in [3.05, 3.63) is 21.3 Å². The molecular formula is C8H11ClOS. The Morgan fingerprint density at radius 2 is 2.27 bits per heavy atom. The number of hydrogen-bond donors (Lipinski definition) is 1. The Morgan fingerprint density at radius 1 is 1.64 bits per heavy atom. The summed E-state index contributed by atoms with van der Waals surface area (Å²) in [5.74, 6) is 0. The summed E-state index contributed by atoms with van der Waals surface area (Å²) in [7, 11) is 0. The van der Waals surface area contributed by atoms with E-state index in [2.05, 4.69) is 0 Å². The molecule has 1 nitrogen and oxygen atoms in total. The van der Waals surface area contributed by atoms with Gasteiger partial charge in [-0.1, -0.05) is 18.5 Å². The molecule has 62 valence electrons. The zero-order valence-electron chi connectivity index (χ0n) is 6.60. The van der Waals surface area contributed by atoms with Crippen molar-refractivity contribution in [2.24, 2.45) is 0 Å². The van der Waals surface area contributed by atoms with Gasteiger partial charge in [-0.2, -0.15) is 0 Å². The van der Waals surface area contributed by atoms with Gasteiger partial charge < -0.3 is 5.11 Å². The molecule has 0 aromatic carbocycles. The molecule has 1 atom stereocenters. The van der Waals surface area contributed by atoms with Gasteiger partial charge in [-0.25, -0.2) is 0 Å². The molecule has 1 unspecified atom stereocenters. The van der Waals surface area contributed by atoms with Crippen LogP contribution < -0.4 is 0 Å². The number of thiophene rings is 1. The van der Waals surface area contributed by atoms with Crippen molar-refractivity contribution in [2.75, 3.05) is 0 Å². The predicted molar refractivity (Wildman–Crippen MR) is 49.2 cm³/mol. The summed E-state index contributed by atoms with van der Waals surface area (Å²) in [6.45, 7) is 3.75. The molecule has 0 bridgehead atoms. The smallest absolute Gasteiger partial charge is 0.0957 e. The van der Waals surface area contributed by atoms with Crippen molar-refractivity contribution in [1.29, 1.82) is 0 Å². The van der Waals surface area contributed by atoms with E-state index in [4.69, 9.17) is 11.6 Å². The monoisotopic (exact) mass is 190 g/mol. The van der Waals surface area contributed by atoms with Crippen molar-refractivity contribution < 1.29 is 5.11 Å². The van der Waals surface area contributed by atoms with Crippen LogP contribution in [0.1, 0.15) is 25.1 Å². The molecule has 1 N–H and O–H groups in total. The Hall–Kier alpha value is -0.0500. The molecule has 3 heteroatoms. The van der Waals surface area contributed by atoms with Crippen LogP contribution in [-0.2, 0) is 5.60 Å². The summed E-state index contributed by atoms with van der Waals surface area (Å²) >= 11 is 7.17. The number of aliphatic hydroxyl groups is 1. The average Bonchev–Trinajstić information content (AvgIpc) is 2.36. The van der Waals surface area contributed by atoms with Gasteiger partial charge in [0.15, 0.2) is 0 Å². The fraction of sp³-hybridized carbons (Fsp3) is 0.500. The first-order chi connectivity index (χ1) is 5.06. The summed E-state index contributed by atoms with van der Waals surface area (Å²) in [5.41, 5.74) is -0.711. The molecule has 0 spiro atoms. The van der Waals surface area contributed by atoms with E-state index in [1.165, 1.54) is 11.3 Å². The third kappa shape index (κ3) is 1.95. The Balaban J connectivity index is 2.92. The normalized spacial score (nSPS) is 16.4. The average molecular weight is 191 g/mol. The molecule has 1 heterocycles. The van der Waals surface area contributed by atoms with Crippen LogP contribution in [0.25, 0.3) is 0 Å². The largest absolute Gasteiger partial charge is 0.385 e. The van der Waals surface area contributed by atoms with Gasteiger partial charge in [-0.05, 0) is 25.5 Å². The van der Waals surface area contributed by atoms with Crippen LogP contribution in [0.2, 0.25) is 4.34 Å². The third-order valence-electron chi connectivity index (χ3n) is 1.79. The van der Waals surface area contributed by atoms with Gasteiger partial charge in [0.25, 0.3) is 0 Å². The molecule has 0 aliphatic heterocycles. The van der Waals surface area contributed by atoms with E-state index < -0.39 is 5.60 Å². The van der Waals surface area contributed by atoms with Crippen LogP contribution in [0.3, 0.4) is 0 Å². The number of rotatable bonds is 2. The lowest BCUT2D eigenvalue weighted by Gasteiger charge is -2.18. The Labute approximate surface area is 75.6 Å². The number of hydrogen-bond acceptors (Lipinski definition) is 2. The van der Waals surface area contributed by atoms with Crippen molar-refractivity contribution in [3.63, 3.8) is 0 Å². The summed E-state index contributed by atoms with van der Waals surface area (Å²) in [6, 6.07) is 3.68. The molecule has 0 saturated heterocycles. The minimum Gasteiger partial charge on any atom is -0.385 e. The highest BCUT2D eigenvalue weighted by molar-refractivity contribution is 7.16. The van der Waals surface area contributed by atoms with Crippen LogP contribution in [0.5, 0.6) is 0 Å². The molecule has 0 aliphatic carbocycles. The van der Waals surface area contributed by atoms with Gasteiger partial charge in [0, 0.05) is 4.88 Å². The summed E-state index contributed by atoms with van der Waals surface area (Å²) < 4.78 is 0.730. The Morgan fingerprint density at radius 3 is 2.64 bits per heavy atom. The number of halogens is 1. The standard InChI is InChI=1S/C8H11ClOS/c1-3-8(2,10)6-4-5-7(9)11-6/h4-5,10H,3H2,1-2H3. The first-order valence-corrected chi connectivity index (χ1v) is 4.74. The molecule has 11 heavy (non-hydrogen) atoms. The van der Waals surface area contributed by atoms with Crippen LogP contribution in [0, 0.1) is 0 Å². The zero-order valence-corrected chi connectivity index (χ0v) is 8.17. The second-order valence-corrected chi connectivity index (χ2v) is 4.45.